The molecular formula is C18H34N6S. The molecule has 0 saturated carbocycles. The highest BCUT2D eigenvalue weighted by Crippen LogP contribution is 2.17. The summed E-state index contributed by atoms with van der Waals surface area (Å²) in [7, 11) is 1.88. The van der Waals surface area contributed by atoms with Crippen molar-refractivity contribution in [2.24, 2.45) is 16.8 Å². The fourth-order valence-electron chi connectivity index (χ4n) is 3.20. The van der Waals surface area contributed by atoms with E-state index in [0.29, 0.717) is 5.92 Å². The van der Waals surface area contributed by atoms with Crippen LogP contribution in [0.1, 0.15) is 45.9 Å². The average Bonchev–Trinajstić information content (AvgIpc) is 2.97. The number of rotatable bonds is 7. The summed E-state index contributed by atoms with van der Waals surface area (Å²) in [5.41, 5.74) is 0. The summed E-state index contributed by atoms with van der Waals surface area (Å²) < 4.78 is 2.27. The van der Waals surface area contributed by atoms with Crippen LogP contribution in [-0.4, -0.2) is 58.6 Å². The van der Waals surface area contributed by atoms with Crippen molar-refractivity contribution in [3.8, 4) is 0 Å². The fraction of sp³-hybridized carbons (Fsp3) is 0.833. The Morgan fingerprint density at radius 1 is 1.32 bits per heavy atom. The standard InChI is InChI=1S/C18H34N6S/c1-14(2)13-24-16(21-22-18(24)25-5)7-6-10-20-17(19-4)23-11-8-15(3)9-12-23/h14-15H,6-13H2,1-5H3,(H,19,20). The van der Waals surface area contributed by atoms with Gasteiger partial charge in [-0.1, -0.05) is 32.5 Å². The normalized spacial score (nSPS) is 16.7. The van der Waals surface area contributed by atoms with Crippen LogP contribution in [0.4, 0.5) is 0 Å². The summed E-state index contributed by atoms with van der Waals surface area (Å²) >= 11 is 1.67. The zero-order valence-electron chi connectivity index (χ0n) is 16.5. The van der Waals surface area contributed by atoms with Crippen LogP contribution in [0, 0.1) is 11.8 Å². The van der Waals surface area contributed by atoms with Crippen LogP contribution < -0.4 is 5.32 Å². The first-order valence-corrected chi connectivity index (χ1v) is 10.7. The molecular weight excluding hydrogens is 332 g/mol. The molecule has 1 saturated heterocycles. The molecule has 0 radical (unpaired) electrons. The molecule has 0 atom stereocenters. The van der Waals surface area contributed by atoms with Crippen LogP contribution in [-0.2, 0) is 13.0 Å². The van der Waals surface area contributed by atoms with Crippen molar-refractivity contribution in [1.82, 2.24) is 25.0 Å². The second kappa shape index (κ2) is 10.0. The molecule has 0 amide bonds. The molecule has 0 unspecified atom stereocenters. The number of likely N-dealkylation sites (tertiary alicyclic amines) is 1. The Morgan fingerprint density at radius 3 is 2.64 bits per heavy atom. The molecule has 0 spiro atoms. The number of aryl methyl sites for hydroxylation is 1. The van der Waals surface area contributed by atoms with Gasteiger partial charge in [-0.2, -0.15) is 0 Å². The maximum Gasteiger partial charge on any atom is 0.193 e. The van der Waals surface area contributed by atoms with E-state index in [1.807, 2.05) is 7.05 Å². The number of aliphatic imine (C=N–C) groups is 1. The van der Waals surface area contributed by atoms with Crippen molar-refractivity contribution >= 4 is 17.7 Å². The van der Waals surface area contributed by atoms with Crippen molar-refractivity contribution in [2.75, 3.05) is 32.9 Å². The number of hydrogen-bond acceptors (Lipinski definition) is 4. The minimum Gasteiger partial charge on any atom is -0.356 e. The van der Waals surface area contributed by atoms with Crippen molar-refractivity contribution in [3.63, 3.8) is 0 Å². The molecule has 1 aromatic rings. The summed E-state index contributed by atoms with van der Waals surface area (Å²) in [5, 5.41) is 13.3. The lowest BCUT2D eigenvalue weighted by Gasteiger charge is -2.32. The van der Waals surface area contributed by atoms with Gasteiger partial charge in [-0.15, -0.1) is 10.2 Å². The van der Waals surface area contributed by atoms with Crippen LogP contribution in [0.2, 0.25) is 0 Å². The third-order valence-electron chi connectivity index (χ3n) is 4.68. The highest BCUT2D eigenvalue weighted by atomic mass is 32.2. The topological polar surface area (TPSA) is 58.3 Å². The Morgan fingerprint density at radius 2 is 2.04 bits per heavy atom. The van der Waals surface area contributed by atoms with Gasteiger partial charge in [-0.25, -0.2) is 0 Å². The summed E-state index contributed by atoms with van der Waals surface area (Å²) in [4.78, 5) is 6.83. The lowest BCUT2D eigenvalue weighted by molar-refractivity contribution is 0.273. The number of guanidine groups is 1. The lowest BCUT2D eigenvalue weighted by atomic mass is 10.00. The van der Waals surface area contributed by atoms with Gasteiger partial charge in [-0.3, -0.25) is 4.99 Å². The van der Waals surface area contributed by atoms with E-state index in [1.54, 1.807) is 11.8 Å². The number of thioether (sulfide) groups is 1. The Hall–Kier alpha value is -1.24. The number of nitrogens with one attached hydrogen (secondary N) is 1. The second-order valence-electron chi connectivity index (χ2n) is 7.35. The minimum absolute atomic E-state index is 0.596. The van der Waals surface area contributed by atoms with Gasteiger partial charge in [0.2, 0.25) is 0 Å². The zero-order chi connectivity index (χ0) is 18.2. The Kier molecular flexibility index (Phi) is 8.06. The van der Waals surface area contributed by atoms with E-state index in [1.165, 1.54) is 12.8 Å². The molecule has 0 bridgehead atoms. The summed E-state index contributed by atoms with van der Waals surface area (Å²) in [5.74, 6) is 3.58. The third-order valence-corrected chi connectivity index (χ3v) is 5.35. The largest absolute Gasteiger partial charge is 0.356 e. The molecule has 2 rings (SSSR count). The van der Waals surface area contributed by atoms with Crippen LogP contribution in [0.25, 0.3) is 0 Å². The fourth-order valence-corrected chi connectivity index (χ4v) is 3.73. The third kappa shape index (κ3) is 5.90. The predicted octanol–water partition coefficient (Wildman–Crippen LogP) is 2.90. The van der Waals surface area contributed by atoms with Gasteiger partial charge in [0.05, 0.1) is 0 Å². The number of aromatic nitrogens is 3. The monoisotopic (exact) mass is 366 g/mol. The first-order valence-electron chi connectivity index (χ1n) is 9.46. The molecule has 1 aliphatic rings. The van der Waals surface area contributed by atoms with Crippen LogP contribution in [0.3, 0.4) is 0 Å². The first-order chi connectivity index (χ1) is 12.0. The van der Waals surface area contributed by atoms with Gasteiger partial charge in [0, 0.05) is 39.6 Å². The van der Waals surface area contributed by atoms with Crippen LogP contribution in [0.15, 0.2) is 10.1 Å². The van der Waals surface area contributed by atoms with Crippen LogP contribution >= 0.6 is 11.8 Å². The molecule has 1 fully saturated rings. The summed E-state index contributed by atoms with van der Waals surface area (Å²) in [6.45, 7) is 10.9. The first kappa shape index (κ1) is 20.1. The van der Waals surface area contributed by atoms with Gasteiger partial charge in [0.1, 0.15) is 5.82 Å². The van der Waals surface area contributed by atoms with E-state index >= 15 is 0 Å². The molecule has 7 heteroatoms. The SMILES string of the molecule is CN=C(NCCCc1nnc(SC)n1CC(C)C)N1CCC(C)CC1. The van der Waals surface area contributed by atoms with E-state index in [-0.39, 0.29) is 0 Å². The Labute approximate surface area is 156 Å². The van der Waals surface area contributed by atoms with Gasteiger partial charge < -0.3 is 14.8 Å². The van der Waals surface area contributed by atoms with E-state index < -0.39 is 0 Å². The molecule has 1 N–H and O–H groups in total. The molecule has 2 heterocycles. The van der Waals surface area contributed by atoms with Gasteiger partial charge in [0.25, 0.3) is 0 Å². The number of hydrogen-bond donors (Lipinski definition) is 1. The predicted molar refractivity (Wildman–Crippen MR) is 106 cm³/mol. The molecule has 25 heavy (non-hydrogen) atoms. The summed E-state index contributed by atoms with van der Waals surface area (Å²) in [6.07, 6.45) is 6.57. The van der Waals surface area contributed by atoms with Crippen molar-refractivity contribution in [2.45, 2.75) is 58.2 Å². The Balaban J connectivity index is 1.81. The molecule has 0 aliphatic carbocycles. The Bertz CT molecular complexity index is 546. The quantitative estimate of drug-likeness (QED) is 0.348. The second-order valence-corrected chi connectivity index (χ2v) is 8.13. The van der Waals surface area contributed by atoms with Crippen molar-refractivity contribution < 1.29 is 0 Å². The highest BCUT2D eigenvalue weighted by Gasteiger charge is 2.18. The summed E-state index contributed by atoms with van der Waals surface area (Å²) in [6, 6.07) is 0. The minimum atomic E-state index is 0.596. The molecule has 6 nitrogen and oxygen atoms in total. The molecule has 1 aromatic heterocycles. The number of nitrogens with zero attached hydrogens (tertiary/aromatic N) is 5. The highest BCUT2D eigenvalue weighted by molar-refractivity contribution is 7.98. The number of piperidine rings is 1. The van der Waals surface area contributed by atoms with Gasteiger partial charge in [0.15, 0.2) is 11.1 Å². The van der Waals surface area contributed by atoms with Crippen molar-refractivity contribution in [1.29, 1.82) is 0 Å². The maximum atomic E-state index is 4.45. The smallest absolute Gasteiger partial charge is 0.193 e. The van der Waals surface area contributed by atoms with E-state index in [4.69, 9.17) is 0 Å². The lowest BCUT2D eigenvalue weighted by Crippen LogP contribution is -2.45. The zero-order valence-corrected chi connectivity index (χ0v) is 17.3. The molecule has 142 valence electrons. The van der Waals surface area contributed by atoms with E-state index in [0.717, 1.165) is 61.9 Å². The van der Waals surface area contributed by atoms with E-state index in [9.17, 15) is 0 Å². The maximum absolute atomic E-state index is 4.45. The van der Waals surface area contributed by atoms with Gasteiger partial charge in [-0.05, 0) is 37.4 Å². The van der Waals surface area contributed by atoms with Crippen molar-refractivity contribution in [3.05, 3.63) is 5.82 Å². The van der Waals surface area contributed by atoms with E-state index in [2.05, 4.69) is 57.0 Å². The van der Waals surface area contributed by atoms with Crippen LogP contribution in [0.5, 0.6) is 0 Å². The van der Waals surface area contributed by atoms with Gasteiger partial charge >= 0.3 is 0 Å². The molecule has 0 aromatic carbocycles. The average molecular weight is 367 g/mol. The molecule has 1 aliphatic heterocycles.